The number of nitrogens with one attached hydrogen (secondary N) is 4. The second-order valence-electron chi connectivity index (χ2n) is 13.1. The van der Waals surface area contributed by atoms with Crippen LogP contribution in [0.5, 0.6) is 0 Å². The average Bonchev–Trinajstić information content (AvgIpc) is 3.43. The van der Waals surface area contributed by atoms with Crippen molar-refractivity contribution in [1.29, 1.82) is 0 Å². The molecule has 45 heteroatoms. The third-order valence-corrected chi connectivity index (χ3v) is 8.21. The first-order chi connectivity index (χ1) is 37.4. The Hall–Kier alpha value is -11.7. The zero-order valence-electron chi connectivity index (χ0n) is 43.5. The van der Waals surface area contributed by atoms with Gasteiger partial charge in [-0.1, -0.05) is 72.8 Å². The number of hydrogen-bond donors (Lipinski definition) is 9. The number of benzene rings is 2. The smallest absolute Gasteiger partial charge is 0.457 e. The molecule has 0 saturated heterocycles. The Morgan fingerprint density at radius 3 is 0.872 bits per heavy atom. The second kappa shape index (κ2) is 49.1. The van der Waals surface area contributed by atoms with Gasteiger partial charge >= 0.3 is 33.0 Å². The molecule has 0 aliphatic rings. The molecule has 0 saturated carbocycles. The Morgan fingerprint density at radius 2 is 0.640 bits per heavy atom. The Morgan fingerprint density at radius 1 is 0.419 bits per heavy atom. The minimum absolute atomic E-state index is 0. The zero-order chi connectivity index (χ0) is 57.8. The molecule has 0 radical (unpaired) electrons. The van der Waals surface area contributed by atoms with Crippen molar-refractivity contribution in [2.45, 2.75) is 0 Å². The third-order valence-electron chi connectivity index (χ3n) is 8.21. The van der Waals surface area contributed by atoms with Gasteiger partial charge in [0.2, 0.25) is 0 Å². The summed E-state index contributed by atoms with van der Waals surface area (Å²) in [5.74, 6) is 1.83. The van der Waals surface area contributed by atoms with Gasteiger partial charge in [-0.15, -0.1) is 20.4 Å². The van der Waals surface area contributed by atoms with Crippen molar-refractivity contribution in [3.05, 3.63) is 241 Å². The SMILES string of the molecule is CO.N/C(=N\N=c1/[nH]nc(N/N=C(\N)c2ccccn2)c2ccccc12)c1ccccn1.N/C(=N\N=c1/[nH]nc(N/N=C(\N)c2ccccn2)c2ccccc12)c1ccccn1.O.O.O.O.O=[N+]([O-])[O-].O=[N+]([O-])[O-].O=[N+]([O-])[O-].O=[N+]([O-])[O-].[Ni+2].[Ni+2].[OH3+].[OH3+]. The van der Waals surface area contributed by atoms with Gasteiger partial charge in [0.05, 0.1) is 20.3 Å². The van der Waals surface area contributed by atoms with Crippen LogP contribution in [-0.2, 0) is 43.9 Å². The number of hydrogen-bond acceptors (Lipinski definition) is 27. The summed E-state index contributed by atoms with van der Waals surface area (Å²) in [6.07, 6.45) is 6.57. The van der Waals surface area contributed by atoms with E-state index < -0.39 is 20.3 Å². The van der Waals surface area contributed by atoms with E-state index in [9.17, 15) is 0 Å². The maximum absolute atomic E-state index is 8.25. The van der Waals surface area contributed by atoms with Gasteiger partial charge in [0.25, 0.3) is 0 Å². The van der Waals surface area contributed by atoms with Crippen LogP contribution >= 0.6 is 0 Å². The van der Waals surface area contributed by atoms with Crippen LogP contribution in [0.4, 0.5) is 11.6 Å². The second-order valence-corrected chi connectivity index (χ2v) is 13.1. The largest absolute Gasteiger partial charge is 2.00 e. The summed E-state index contributed by atoms with van der Waals surface area (Å²) in [6.45, 7) is 0. The molecule has 0 amide bonds. The Kier molecular flexibility index (Phi) is 50.4. The monoisotopic (exact) mass is 1300 g/mol. The molecule has 0 aliphatic carbocycles. The van der Waals surface area contributed by atoms with E-state index in [4.69, 9.17) is 89.3 Å². The van der Waals surface area contributed by atoms with Gasteiger partial charge in [-0.2, -0.15) is 20.4 Å². The van der Waals surface area contributed by atoms with Crippen LogP contribution in [0.1, 0.15) is 22.8 Å². The molecule has 0 unspecified atom stereocenters. The maximum atomic E-state index is 8.25. The van der Waals surface area contributed by atoms with E-state index in [0.717, 1.165) is 28.7 Å². The number of aromatic amines is 2. The van der Waals surface area contributed by atoms with Crippen LogP contribution in [0.15, 0.2) is 177 Å². The number of rotatable bonds is 10. The van der Waals surface area contributed by atoms with Crippen LogP contribution in [-0.4, -0.2) is 118 Å². The fraction of sp³-hybridized carbons (Fsp3) is 0.0244. The molecule has 0 atom stereocenters. The number of fused-ring (bicyclic) bond motifs is 2. The van der Waals surface area contributed by atoms with Crippen LogP contribution in [0.25, 0.3) is 21.5 Å². The minimum Gasteiger partial charge on any atom is -0.457 e. The molecular weight excluding hydrogens is 1250 g/mol. The Bertz CT molecular complexity index is 3210. The number of aliphatic hydroxyl groups excluding tert-OH is 1. The zero-order valence-corrected chi connectivity index (χ0v) is 45.4. The van der Waals surface area contributed by atoms with Crippen molar-refractivity contribution in [1.82, 2.24) is 40.3 Å². The standard InChI is InChI=1S/2C20H18N10.CH4O.4NO3.2Ni.6H2O/c2*21-17(15-9-3-5-11-23-15)25-27-19-13-7-1-2-8-14(13)20(30-29-19)28-26-18(22)16-10-4-6-12-24-16;1-2;4*2-1(3)4;;;;;;;;/h2*1-12H,(H2,21,25)(H2,22,26)(H,27,29)(H,28,30);2H,1H3;;;;;;;6*1H2/q;;;4*-1;2*+2;;;;;;/p+2. The number of aromatic nitrogens is 8. The average molecular weight is 1300 g/mol. The van der Waals surface area contributed by atoms with Crippen molar-refractivity contribution < 1.29 is 91.3 Å². The molecule has 27 N–H and O–H groups in total. The number of nitrogens with zero attached hydrogens (tertiary/aromatic N) is 16. The van der Waals surface area contributed by atoms with E-state index in [1.807, 2.05) is 72.8 Å². The summed E-state index contributed by atoms with van der Waals surface area (Å²) < 4.78 is 0. The molecule has 6 heterocycles. The van der Waals surface area contributed by atoms with Crippen molar-refractivity contribution in [3.8, 4) is 0 Å². The van der Waals surface area contributed by atoms with Crippen LogP contribution in [0.2, 0.25) is 0 Å². The summed E-state index contributed by atoms with van der Waals surface area (Å²) in [5, 5.41) is 108. The van der Waals surface area contributed by atoms with Crippen LogP contribution in [0, 0.1) is 61.3 Å². The van der Waals surface area contributed by atoms with E-state index in [0.29, 0.717) is 45.4 Å². The van der Waals surface area contributed by atoms with Crippen LogP contribution in [0.3, 0.4) is 0 Å². The molecule has 6 aromatic heterocycles. The van der Waals surface area contributed by atoms with Gasteiger partial charge in [-0.25, -0.2) is 0 Å². The van der Waals surface area contributed by atoms with Gasteiger partial charge in [0, 0.05) is 53.4 Å². The summed E-state index contributed by atoms with van der Waals surface area (Å²) in [4.78, 5) is 49.6. The summed E-state index contributed by atoms with van der Waals surface area (Å²) >= 11 is 0. The Balaban J connectivity index is -0.000000211. The van der Waals surface area contributed by atoms with Gasteiger partial charge in [0.1, 0.15) is 22.8 Å². The fourth-order valence-corrected chi connectivity index (χ4v) is 5.28. The number of anilines is 2. The van der Waals surface area contributed by atoms with Crippen molar-refractivity contribution in [2.24, 2.45) is 53.5 Å². The van der Waals surface area contributed by atoms with E-state index in [1.54, 1.807) is 73.3 Å². The number of pyridine rings is 4. The molecule has 86 heavy (non-hydrogen) atoms. The molecule has 8 aromatic rings. The first-order valence-corrected chi connectivity index (χ1v) is 20.6. The normalized spacial score (nSPS) is 10.2. The molecular formula is C41H54N24Ni2O19+2. The van der Waals surface area contributed by atoms with Gasteiger partial charge in [-0.3, -0.25) is 41.0 Å². The molecule has 2 aromatic carbocycles. The van der Waals surface area contributed by atoms with E-state index in [1.165, 1.54) is 0 Å². The van der Waals surface area contributed by atoms with Crippen molar-refractivity contribution in [2.75, 3.05) is 18.0 Å². The number of hydrazone groups is 2. The molecule has 0 bridgehead atoms. The van der Waals surface area contributed by atoms with Crippen LogP contribution < -0.4 is 44.8 Å². The summed E-state index contributed by atoms with van der Waals surface area (Å²) in [5.41, 5.74) is 32.7. The van der Waals surface area contributed by atoms with Crippen molar-refractivity contribution in [3.63, 3.8) is 0 Å². The molecule has 43 nitrogen and oxygen atoms in total. The predicted octanol–water partition coefficient (Wildman–Crippen LogP) is -3.88. The minimum atomic E-state index is -1.75. The van der Waals surface area contributed by atoms with Gasteiger partial charge in [0.15, 0.2) is 46.0 Å². The topological polar surface area (TPSA) is 788 Å². The number of aliphatic hydroxyl groups is 1. The molecule has 0 aliphatic heterocycles. The van der Waals surface area contributed by atoms with E-state index >= 15 is 0 Å². The number of amidine groups is 4. The summed E-state index contributed by atoms with van der Waals surface area (Å²) in [7, 11) is 1.00. The number of H-pyrrole nitrogens is 2. The molecule has 0 spiro atoms. The quantitative estimate of drug-likeness (QED) is 0.0158. The third kappa shape index (κ3) is 33.8. The number of nitrogens with two attached hydrogens (primary N) is 4. The van der Waals surface area contributed by atoms with E-state index in [-0.39, 0.29) is 89.2 Å². The van der Waals surface area contributed by atoms with Gasteiger partial charge < -0.3 is 122 Å². The molecule has 0 fully saturated rings. The maximum Gasteiger partial charge on any atom is 2.00 e. The predicted molar refractivity (Wildman–Crippen MR) is 304 cm³/mol. The van der Waals surface area contributed by atoms with Crippen molar-refractivity contribution >= 4 is 56.5 Å². The van der Waals surface area contributed by atoms with Gasteiger partial charge in [-0.05, 0) is 48.5 Å². The fourth-order valence-electron chi connectivity index (χ4n) is 5.28. The van der Waals surface area contributed by atoms with E-state index in [2.05, 4.69) is 81.8 Å². The first-order valence-electron chi connectivity index (χ1n) is 20.6. The molecule has 470 valence electrons. The first kappa shape index (κ1) is 88.1. The summed E-state index contributed by atoms with van der Waals surface area (Å²) in [6, 6.07) is 36.7. The Labute approximate surface area is 499 Å². The molecule has 8 rings (SSSR count).